The molecule has 3 N–H and O–H groups in total. The number of nitrogens with zero attached hydrogens (tertiary/aromatic N) is 2. The number of carbonyl (C=O) groups is 1. The van der Waals surface area contributed by atoms with E-state index in [1.807, 2.05) is 11.8 Å². The summed E-state index contributed by atoms with van der Waals surface area (Å²) in [4.78, 5) is 25.3. The highest BCUT2D eigenvalue weighted by Gasteiger charge is 2.24. The van der Waals surface area contributed by atoms with Crippen LogP contribution in [0.4, 0.5) is 11.4 Å². The molecule has 1 atom stereocenters. The van der Waals surface area contributed by atoms with Crippen molar-refractivity contribution in [1.82, 2.24) is 5.32 Å². The second kappa shape index (κ2) is 9.58. The molecule has 1 aliphatic heterocycles. The molecule has 7 nitrogen and oxygen atoms in total. The Labute approximate surface area is 154 Å². The van der Waals surface area contributed by atoms with Crippen LogP contribution in [-0.4, -0.2) is 37.0 Å². The second-order valence-electron chi connectivity index (χ2n) is 6.68. The van der Waals surface area contributed by atoms with Gasteiger partial charge in [0.25, 0.3) is 11.6 Å². The van der Waals surface area contributed by atoms with Crippen LogP contribution in [0.2, 0.25) is 0 Å². The Morgan fingerprint density at radius 1 is 1.44 bits per heavy atom. The summed E-state index contributed by atoms with van der Waals surface area (Å²) in [6.45, 7) is 6.68. The van der Waals surface area contributed by atoms with E-state index < -0.39 is 4.92 Å². The summed E-state index contributed by atoms with van der Waals surface area (Å²) >= 11 is 0. The van der Waals surface area contributed by atoms with E-state index in [-0.39, 0.29) is 29.9 Å². The predicted octanol–water partition coefficient (Wildman–Crippen LogP) is 2.58. The molecule has 0 aromatic heterocycles. The van der Waals surface area contributed by atoms with Crippen LogP contribution in [0.1, 0.15) is 37.0 Å². The molecule has 0 saturated carbocycles. The summed E-state index contributed by atoms with van der Waals surface area (Å²) in [6.07, 6.45) is 2.05. The molecule has 1 heterocycles. The van der Waals surface area contributed by atoms with Crippen molar-refractivity contribution in [3.05, 3.63) is 33.9 Å². The molecule has 8 heteroatoms. The smallest absolute Gasteiger partial charge is 0.293 e. The van der Waals surface area contributed by atoms with Gasteiger partial charge < -0.3 is 16.0 Å². The molecular weight excluding hydrogens is 344 g/mol. The molecule has 0 bridgehead atoms. The maximum Gasteiger partial charge on any atom is 0.293 e. The lowest BCUT2D eigenvalue weighted by atomic mass is 9.98. The van der Waals surface area contributed by atoms with Crippen LogP contribution in [0, 0.1) is 22.0 Å². The van der Waals surface area contributed by atoms with Crippen LogP contribution < -0.4 is 16.0 Å². The Bertz CT molecular complexity index is 604. The van der Waals surface area contributed by atoms with E-state index in [2.05, 4.69) is 12.2 Å². The first-order chi connectivity index (χ1) is 11.4. The third kappa shape index (κ3) is 5.57. The third-order valence-corrected chi connectivity index (χ3v) is 4.57. The quantitative estimate of drug-likeness (QED) is 0.592. The number of anilines is 1. The van der Waals surface area contributed by atoms with Gasteiger partial charge in [-0.2, -0.15) is 0 Å². The molecule has 140 valence electrons. The Morgan fingerprint density at radius 3 is 2.64 bits per heavy atom. The molecular formula is C17H27ClN4O3. The van der Waals surface area contributed by atoms with Gasteiger partial charge in [0.15, 0.2) is 0 Å². The Balaban J connectivity index is 0.00000312. The lowest BCUT2D eigenvalue weighted by Gasteiger charge is -2.31. The maximum absolute atomic E-state index is 12.2. The molecule has 0 spiro atoms. The number of rotatable bonds is 6. The molecule has 1 amide bonds. The number of hydrogen-bond acceptors (Lipinski definition) is 5. The zero-order valence-corrected chi connectivity index (χ0v) is 15.6. The fraction of sp³-hybridized carbons (Fsp3) is 0.588. The minimum absolute atomic E-state index is 0. The summed E-state index contributed by atoms with van der Waals surface area (Å²) in [5.74, 6) is 0.505. The molecule has 1 aromatic carbocycles. The lowest BCUT2D eigenvalue weighted by molar-refractivity contribution is -0.384. The van der Waals surface area contributed by atoms with E-state index in [0.717, 1.165) is 25.9 Å². The Kier molecular flexibility index (Phi) is 8.12. The van der Waals surface area contributed by atoms with Gasteiger partial charge in [-0.1, -0.05) is 13.8 Å². The first kappa shape index (κ1) is 21.2. The van der Waals surface area contributed by atoms with E-state index in [1.165, 1.54) is 6.07 Å². The van der Waals surface area contributed by atoms with E-state index in [1.54, 1.807) is 12.1 Å². The molecule has 2 rings (SSSR count). The minimum Gasteiger partial charge on any atom is -0.366 e. The van der Waals surface area contributed by atoms with Gasteiger partial charge in [-0.3, -0.25) is 14.9 Å². The fourth-order valence-corrected chi connectivity index (χ4v) is 2.78. The topological polar surface area (TPSA) is 102 Å². The zero-order chi connectivity index (χ0) is 17.7. The Morgan fingerprint density at radius 2 is 2.08 bits per heavy atom. The van der Waals surface area contributed by atoms with E-state index in [9.17, 15) is 14.9 Å². The largest absolute Gasteiger partial charge is 0.366 e. The second-order valence-corrected chi connectivity index (χ2v) is 6.68. The number of nitrogens with two attached hydrogens (primary N) is 1. The van der Waals surface area contributed by atoms with Crippen LogP contribution in [0.3, 0.4) is 0 Å². The first-order valence-corrected chi connectivity index (χ1v) is 8.44. The van der Waals surface area contributed by atoms with Gasteiger partial charge in [-0.15, -0.1) is 12.4 Å². The molecule has 1 unspecified atom stereocenters. The van der Waals surface area contributed by atoms with Crippen LogP contribution in [0.15, 0.2) is 18.2 Å². The summed E-state index contributed by atoms with van der Waals surface area (Å²) in [6, 6.07) is 4.72. The van der Waals surface area contributed by atoms with Gasteiger partial charge in [0.1, 0.15) is 5.69 Å². The summed E-state index contributed by atoms with van der Waals surface area (Å²) in [5, 5.41) is 14.2. The zero-order valence-electron chi connectivity index (χ0n) is 14.7. The number of nitro benzene ring substituents is 1. The van der Waals surface area contributed by atoms with Crippen molar-refractivity contribution in [2.75, 3.05) is 31.1 Å². The number of carbonyl (C=O) groups excluding carboxylic acids is 1. The molecule has 25 heavy (non-hydrogen) atoms. The van der Waals surface area contributed by atoms with Gasteiger partial charge >= 0.3 is 0 Å². The summed E-state index contributed by atoms with van der Waals surface area (Å²) in [7, 11) is 0. The average Bonchev–Trinajstić information content (AvgIpc) is 2.59. The molecule has 1 saturated heterocycles. The summed E-state index contributed by atoms with van der Waals surface area (Å²) in [5.41, 5.74) is 6.42. The van der Waals surface area contributed by atoms with E-state index >= 15 is 0 Å². The van der Waals surface area contributed by atoms with E-state index in [0.29, 0.717) is 30.3 Å². The van der Waals surface area contributed by atoms with Crippen molar-refractivity contribution >= 4 is 29.7 Å². The standard InChI is InChI=1S/C17H26N4O3.ClH/c1-12-5-7-20(8-6-12)15-4-3-14(9-16(15)21(23)24)17(22)19-11-13(2)10-18;/h3-4,9,12-13H,5-8,10-11,18H2,1-2H3,(H,19,22);1H. The number of benzene rings is 1. The fourth-order valence-electron chi connectivity index (χ4n) is 2.78. The van der Waals surface area contributed by atoms with Crippen LogP contribution in [0.5, 0.6) is 0 Å². The molecule has 1 fully saturated rings. The van der Waals surface area contributed by atoms with Crippen LogP contribution >= 0.6 is 12.4 Å². The highest BCUT2D eigenvalue weighted by atomic mass is 35.5. The van der Waals surface area contributed by atoms with Crippen molar-refractivity contribution in [2.24, 2.45) is 17.6 Å². The number of amides is 1. The first-order valence-electron chi connectivity index (χ1n) is 8.44. The van der Waals surface area contributed by atoms with Gasteiger partial charge in [0.05, 0.1) is 4.92 Å². The van der Waals surface area contributed by atoms with Crippen molar-refractivity contribution in [1.29, 1.82) is 0 Å². The predicted molar refractivity (Wildman–Crippen MR) is 102 cm³/mol. The van der Waals surface area contributed by atoms with Gasteiger partial charge in [-0.25, -0.2) is 0 Å². The SMILES string of the molecule is CC1CCN(c2ccc(C(=O)NCC(C)CN)cc2[N+](=O)[O-])CC1.Cl. The van der Waals surface area contributed by atoms with Gasteiger partial charge in [-0.05, 0) is 43.4 Å². The lowest BCUT2D eigenvalue weighted by Crippen LogP contribution is -2.33. The average molecular weight is 371 g/mol. The third-order valence-electron chi connectivity index (χ3n) is 4.57. The number of halogens is 1. The molecule has 0 radical (unpaired) electrons. The maximum atomic E-state index is 12.2. The summed E-state index contributed by atoms with van der Waals surface area (Å²) < 4.78 is 0. The number of nitro groups is 1. The van der Waals surface area contributed by atoms with Crippen molar-refractivity contribution < 1.29 is 9.72 Å². The Hall–Kier alpha value is -1.86. The van der Waals surface area contributed by atoms with E-state index in [4.69, 9.17) is 5.73 Å². The van der Waals surface area contributed by atoms with Crippen molar-refractivity contribution in [3.8, 4) is 0 Å². The molecule has 0 aliphatic carbocycles. The van der Waals surface area contributed by atoms with Gasteiger partial charge in [0, 0.05) is 31.3 Å². The molecule has 1 aliphatic rings. The number of nitrogens with one attached hydrogen (secondary N) is 1. The van der Waals surface area contributed by atoms with Crippen LogP contribution in [-0.2, 0) is 0 Å². The highest BCUT2D eigenvalue weighted by Crippen LogP contribution is 2.32. The molecule has 1 aromatic rings. The highest BCUT2D eigenvalue weighted by molar-refractivity contribution is 5.95. The number of hydrogen-bond donors (Lipinski definition) is 2. The van der Waals surface area contributed by atoms with Crippen LogP contribution in [0.25, 0.3) is 0 Å². The number of piperidine rings is 1. The normalized spacial score (nSPS) is 16.0. The van der Waals surface area contributed by atoms with Gasteiger partial charge in [0.2, 0.25) is 0 Å². The minimum atomic E-state index is -0.410. The van der Waals surface area contributed by atoms with Crippen molar-refractivity contribution in [3.63, 3.8) is 0 Å². The monoisotopic (exact) mass is 370 g/mol. The van der Waals surface area contributed by atoms with Crippen molar-refractivity contribution in [2.45, 2.75) is 26.7 Å².